The maximum Gasteiger partial charge on any atom is 0.349 e. The van der Waals surface area contributed by atoms with E-state index in [9.17, 15) is 9.59 Å². The molecule has 178 valence electrons. The number of hydrogen-bond donors (Lipinski definition) is 1. The molecular weight excluding hydrogens is 454 g/mol. The molecule has 0 saturated carbocycles. The van der Waals surface area contributed by atoms with Crippen molar-refractivity contribution in [2.75, 3.05) is 20.8 Å². The van der Waals surface area contributed by atoms with Gasteiger partial charge in [0.05, 0.1) is 19.8 Å². The van der Waals surface area contributed by atoms with Crippen LogP contribution in [0.4, 0.5) is 0 Å². The molecule has 3 aromatic rings. The number of amides is 1. The van der Waals surface area contributed by atoms with E-state index in [0.29, 0.717) is 35.1 Å². The van der Waals surface area contributed by atoms with E-state index in [1.807, 2.05) is 48.5 Å². The first-order valence-corrected chi connectivity index (χ1v) is 11.2. The molecule has 3 aromatic carbocycles. The molecular formula is C27H28ClNO5. The van der Waals surface area contributed by atoms with Gasteiger partial charge in [0, 0.05) is 11.6 Å². The summed E-state index contributed by atoms with van der Waals surface area (Å²) in [6.07, 6.45) is 0.685. The van der Waals surface area contributed by atoms with Gasteiger partial charge in [-0.1, -0.05) is 48.0 Å². The molecule has 0 radical (unpaired) electrons. The zero-order valence-electron chi connectivity index (χ0n) is 19.7. The molecule has 0 bridgehead atoms. The summed E-state index contributed by atoms with van der Waals surface area (Å²) in [6.45, 7) is 3.81. The Morgan fingerprint density at radius 3 is 2.12 bits per heavy atom. The number of rotatable bonds is 9. The highest BCUT2D eigenvalue weighted by atomic mass is 35.5. The number of nitrogens with one attached hydrogen (secondary N) is 1. The summed E-state index contributed by atoms with van der Waals surface area (Å²) in [7, 11) is 2.86. The number of benzene rings is 3. The van der Waals surface area contributed by atoms with Gasteiger partial charge in [0.2, 0.25) is 0 Å². The first-order chi connectivity index (χ1) is 16.2. The summed E-state index contributed by atoms with van der Waals surface area (Å²) in [5.41, 5.74) is 2.52. The molecule has 6 nitrogen and oxygen atoms in total. The van der Waals surface area contributed by atoms with Crippen molar-refractivity contribution in [3.8, 4) is 22.6 Å². The minimum atomic E-state index is -1.06. The van der Waals surface area contributed by atoms with Crippen LogP contribution in [0.25, 0.3) is 11.1 Å². The number of esters is 1. The van der Waals surface area contributed by atoms with Gasteiger partial charge in [-0.25, -0.2) is 4.79 Å². The molecule has 0 fully saturated rings. The summed E-state index contributed by atoms with van der Waals surface area (Å²) in [4.78, 5) is 24.3. The normalized spacial score (nSPS) is 11.0. The second-order valence-electron chi connectivity index (χ2n) is 8.18. The fraction of sp³-hybridized carbons (Fsp3) is 0.259. The first-order valence-electron chi connectivity index (χ1n) is 10.8. The van der Waals surface area contributed by atoms with Crippen molar-refractivity contribution in [1.29, 1.82) is 0 Å². The van der Waals surface area contributed by atoms with Crippen molar-refractivity contribution in [2.24, 2.45) is 0 Å². The summed E-state index contributed by atoms with van der Waals surface area (Å²) in [5.74, 6) is 0.406. The Labute approximate surface area is 204 Å². The SMILES string of the molecule is COC(=O)C(C)(C)Oc1ccc(-c2ccc(CCNC(=O)c3cc(Cl)ccc3OC)cc2)cc1. The average Bonchev–Trinajstić information content (AvgIpc) is 2.84. The zero-order valence-corrected chi connectivity index (χ0v) is 20.4. The fourth-order valence-corrected chi connectivity index (χ4v) is 3.61. The highest BCUT2D eigenvalue weighted by Gasteiger charge is 2.31. The molecule has 0 saturated heterocycles. The van der Waals surface area contributed by atoms with Gasteiger partial charge < -0.3 is 19.5 Å². The third kappa shape index (κ3) is 6.29. The van der Waals surface area contributed by atoms with Crippen molar-refractivity contribution >= 4 is 23.5 Å². The molecule has 0 aliphatic carbocycles. The number of carbonyl (C=O) groups excluding carboxylic acids is 2. The molecule has 0 atom stereocenters. The Morgan fingerprint density at radius 2 is 1.53 bits per heavy atom. The van der Waals surface area contributed by atoms with E-state index in [2.05, 4.69) is 5.32 Å². The third-order valence-corrected chi connectivity index (χ3v) is 5.53. The molecule has 0 aliphatic heterocycles. The topological polar surface area (TPSA) is 73.9 Å². The number of hydrogen-bond acceptors (Lipinski definition) is 5. The minimum Gasteiger partial charge on any atom is -0.496 e. The molecule has 0 aliphatic rings. The van der Waals surface area contributed by atoms with Gasteiger partial charge in [-0.3, -0.25) is 4.79 Å². The largest absolute Gasteiger partial charge is 0.496 e. The molecule has 34 heavy (non-hydrogen) atoms. The van der Waals surface area contributed by atoms with E-state index in [4.69, 9.17) is 25.8 Å². The predicted molar refractivity (Wildman–Crippen MR) is 133 cm³/mol. The van der Waals surface area contributed by atoms with Gasteiger partial charge in [0.15, 0.2) is 5.60 Å². The maximum atomic E-state index is 12.5. The third-order valence-electron chi connectivity index (χ3n) is 5.30. The maximum absolute atomic E-state index is 12.5. The van der Waals surface area contributed by atoms with Crippen molar-refractivity contribution in [3.63, 3.8) is 0 Å². The van der Waals surface area contributed by atoms with Crippen molar-refractivity contribution in [3.05, 3.63) is 82.9 Å². The summed E-state index contributed by atoms with van der Waals surface area (Å²) >= 11 is 6.01. The highest BCUT2D eigenvalue weighted by molar-refractivity contribution is 6.31. The van der Waals surface area contributed by atoms with Crippen LogP contribution < -0.4 is 14.8 Å². The lowest BCUT2D eigenvalue weighted by Gasteiger charge is -2.23. The summed E-state index contributed by atoms with van der Waals surface area (Å²) in [5, 5.41) is 3.39. The smallest absolute Gasteiger partial charge is 0.349 e. The minimum absolute atomic E-state index is 0.228. The predicted octanol–water partition coefficient (Wildman–Crippen LogP) is 5.32. The van der Waals surface area contributed by atoms with E-state index < -0.39 is 11.6 Å². The van der Waals surface area contributed by atoms with Crippen molar-refractivity contribution < 1.29 is 23.8 Å². The standard InChI is InChI=1S/C27H28ClNO5/c1-27(2,26(31)33-4)34-22-12-9-20(10-13-22)19-7-5-18(6-8-19)15-16-29-25(30)23-17-21(28)11-14-24(23)32-3/h5-14,17H,15-16H2,1-4H3,(H,29,30). The van der Waals surface area contributed by atoms with Crippen LogP contribution in [0.1, 0.15) is 29.8 Å². The van der Waals surface area contributed by atoms with Gasteiger partial charge in [-0.15, -0.1) is 0 Å². The lowest BCUT2D eigenvalue weighted by atomic mass is 10.0. The average molecular weight is 482 g/mol. The van der Waals surface area contributed by atoms with Gasteiger partial charge in [0.25, 0.3) is 5.91 Å². The van der Waals surface area contributed by atoms with E-state index in [0.717, 1.165) is 16.7 Å². The lowest BCUT2D eigenvalue weighted by Crippen LogP contribution is -2.39. The number of ether oxygens (including phenoxy) is 3. The molecule has 0 unspecified atom stereocenters. The zero-order chi connectivity index (χ0) is 24.7. The van der Waals surface area contributed by atoms with E-state index >= 15 is 0 Å². The fourth-order valence-electron chi connectivity index (χ4n) is 3.43. The van der Waals surface area contributed by atoms with Crippen LogP contribution in [-0.2, 0) is 16.0 Å². The quantitative estimate of drug-likeness (QED) is 0.419. The van der Waals surface area contributed by atoms with Gasteiger partial charge in [-0.2, -0.15) is 0 Å². The number of halogens is 1. The molecule has 1 amide bonds. The number of methoxy groups -OCH3 is 2. The van der Waals surface area contributed by atoms with Crippen LogP contribution in [0.2, 0.25) is 5.02 Å². The van der Waals surface area contributed by atoms with Crippen LogP contribution in [0, 0.1) is 0 Å². The summed E-state index contributed by atoms with van der Waals surface area (Å²) in [6, 6.07) is 20.6. The Kier molecular flexibility index (Phi) is 8.18. The molecule has 0 spiro atoms. The molecule has 0 heterocycles. The van der Waals surface area contributed by atoms with Crippen molar-refractivity contribution in [2.45, 2.75) is 25.9 Å². The van der Waals surface area contributed by atoms with E-state index in [1.165, 1.54) is 14.2 Å². The Hall–Kier alpha value is -3.51. The van der Waals surface area contributed by atoms with Crippen LogP contribution in [0.3, 0.4) is 0 Å². The van der Waals surface area contributed by atoms with Gasteiger partial charge in [-0.05, 0) is 67.3 Å². The van der Waals surface area contributed by atoms with Crippen LogP contribution in [0.15, 0.2) is 66.7 Å². The van der Waals surface area contributed by atoms with Crippen LogP contribution in [0.5, 0.6) is 11.5 Å². The second kappa shape index (κ2) is 11.1. The van der Waals surface area contributed by atoms with E-state index in [1.54, 1.807) is 32.0 Å². The van der Waals surface area contributed by atoms with Crippen molar-refractivity contribution in [1.82, 2.24) is 5.32 Å². The molecule has 1 N–H and O–H groups in total. The Morgan fingerprint density at radius 1 is 0.912 bits per heavy atom. The monoisotopic (exact) mass is 481 g/mol. The van der Waals surface area contributed by atoms with Crippen LogP contribution >= 0.6 is 11.6 Å². The molecule has 0 aromatic heterocycles. The Bertz CT molecular complexity index is 1140. The molecule has 7 heteroatoms. The number of carbonyl (C=O) groups is 2. The Balaban J connectivity index is 1.57. The lowest BCUT2D eigenvalue weighted by molar-refractivity contribution is -0.156. The second-order valence-corrected chi connectivity index (χ2v) is 8.61. The van der Waals surface area contributed by atoms with Gasteiger partial charge in [0.1, 0.15) is 11.5 Å². The first kappa shape index (κ1) is 25.1. The highest BCUT2D eigenvalue weighted by Crippen LogP contribution is 2.26. The molecule has 3 rings (SSSR count). The van der Waals surface area contributed by atoms with Crippen LogP contribution in [-0.4, -0.2) is 38.2 Å². The van der Waals surface area contributed by atoms with E-state index in [-0.39, 0.29) is 5.91 Å². The van der Waals surface area contributed by atoms with Gasteiger partial charge >= 0.3 is 5.97 Å². The summed E-state index contributed by atoms with van der Waals surface area (Å²) < 4.78 is 15.8.